The van der Waals surface area contributed by atoms with Crippen molar-refractivity contribution < 1.29 is 14.0 Å². The number of nitrogens with two attached hydrogens (primary N) is 1. The van der Waals surface area contributed by atoms with Crippen LogP contribution in [0.2, 0.25) is 0 Å². The molecule has 134 valence electrons. The van der Waals surface area contributed by atoms with Crippen molar-refractivity contribution in [1.82, 2.24) is 15.0 Å². The van der Waals surface area contributed by atoms with Gasteiger partial charge in [-0.2, -0.15) is 4.37 Å². The van der Waals surface area contributed by atoms with Gasteiger partial charge in [-0.1, -0.05) is 30.3 Å². The van der Waals surface area contributed by atoms with Crippen molar-refractivity contribution in [3.63, 3.8) is 0 Å². The van der Waals surface area contributed by atoms with Crippen molar-refractivity contribution in [3.8, 4) is 0 Å². The third kappa shape index (κ3) is 4.09. The third-order valence-corrected chi connectivity index (χ3v) is 4.53. The summed E-state index contributed by atoms with van der Waals surface area (Å²) in [5.74, 6) is 0.600. The molecule has 0 atom stereocenters. The molecule has 0 aliphatic rings. The minimum Gasteiger partial charge on any atom is -0.465 e. The van der Waals surface area contributed by atoms with Crippen LogP contribution in [0, 0.1) is 6.92 Å². The van der Waals surface area contributed by atoms with E-state index in [-0.39, 0.29) is 22.8 Å². The van der Waals surface area contributed by atoms with E-state index in [4.69, 9.17) is 10.2 Å². The number of hydrogen-bond acceptors (Lipinski definition) is 6. The number of nitrogens with one attached hydrogen (secondary N) is 2. The highest BCUT2D eigenvalue weighted by atomic mass is 32.1. The molecule has 0 aliphatic heterocycles. The molecule has 0 bridgehead atoms. The third-order valence-electron chi connectivity index (χ3n) is 3.66. The van der Waals surface area contributed by atoms with Gasteiger partial charge >= 0.3 is 0 Å². The lowest BCUT2D eigenvalue weighted by Crippen LogP contribution is -2.25. The van der Waals surface area contributed by atoms with Crippen LogP contribution in [0.5, 0.6) is 0 Å². The number of furan rings is 1. The molecule has 2 heterocycles. The monoisotopic (exact) mass is 370 g/mol. The normalized spacial score (nSPS) is 10.5. The predicted octanol–water partition coefficient (Wildman–Crippen LogP) is 2.49. The van der Waals surface area contributed by atoms with E-state index < -0.39 is 11.8 Å². The maximum atomic E-state index is 12.3. The fraction of sp³-hybridized carbons (Fsp3) is 0.167. The van der Waals surface area contributed by atoms with Crippen LogP contribution in [-0.2, 0) is 13.1 Å². The summed E-state index contributed by atoms with van der Waals surface area (Å²) in [6, 6.07) is 13.1. The van der Waals surface area contributed by atoms with Gasteiger partial charge in [0.1, 0.15) is 16.4 Å². The van der Waals surface area contributed by atoms with Crippen LogP contribution in [0.25, 0.3) is 0 Å². The largest absolute Gasteiger partial charge is 0.465 e. The molecule has 0 saturated carbocycles. The van der Waals surface area contributed by atoms with Crippen molar-refractivity contribution >= 4 is 29.0 Å². The number of aryl methyl sites for hydroxylation is 1. The maximum Gasteiger partial charge on any atom is 0.273 e. The van der Waals surface area contributed by atoms with Gasteiger partial charge in [-0.3, -0.25) is 9.59 Å². The Balaban J connectivity index is 1.61. The summed E-state index contributed by atoms with van der Waals surface area (Å²) in [5.41, 5.74) is 7.05. The lowest BCUT2D eigenvalue weighted by molar-refractivity contribution is 0.0946. The zero-order chi connectivity index (χ0) is 18.5. The Morgan fingerprint density at radius 2 is 1.81 bits per heavy atom. The maximum absolute atomic E-state index is 12.3. The van der Waals surface area contributed by atoms with Gasteiger partial charge in [0.2, 0.25) is 0 Å². The molecule has 0 aliphatic carbocycles. The lowest BCUT2D eigenvalue weighted by Gasteiger charge is -2.05. The van der Waals surface area contributed by atoms with Gasteiger partial charge in [-0.05, 0) is 36.2 Å². The zero-order valence-corrected chi connectivity index (χ0v) is 14.9. The van der Waals surface area contributed by atoms with Gasteiger partial charge in [-0.25, -0.2) is 0 Å². The number of nitrogens with zero attached hydrogens (tertiary/aromatic N) is 1. The highest BCUT2D eigenvalue weighted by molar-refractivity contribution is 7.09. The van der Waals surface area contributed by atoms with E-state index in [0.29, 0.717) is 12.3 Å². The molecule has 0 spiro atoms. The molecule has 1 aromatic carbocycles. The van der Waals surface area contributed by atoms with Gasteiger partial charge in [0.15, 0.2) is 5.69 Å². The van der Waals surface area contributed by atoms with Crippen LogP contribution in [-0.4, -0.2) is 16.2 Å². The van der Waals surface area contributed by atoms with Crippen molar-refractivity contribution in [2.75, 3.05) is 5.73 Å². The van der Waals surface area contributed by atoms with Crippen molar-refractivity contribution in [3.05, 3.63) is 70.1 Å². The Bertz CT molecular complexity index is 918. The van der Waals surface area contributed by atoms with Crippen molar-refractivity contribution in [1.29, 1.82) is 0 Å². The minimum absolute atomic E-state index is 0.0601. The smallest absolute Gasteiger partial charge is 0.273 e. The number of anilines is 1. The molecule has 26 heavy (non-hydrogen) atoms. The molecule has 4 N–H and O–H groups in total. The molecule has 0 saturated heterocycles. The van der Waals surface area contributed by atoms with Crippen LogP contribution in [0.1, 0.15) is 37.2 Å². The lowest BCUT2D eigenvalue weighted by atomic mass is 10.2. The number of hydrogen-bond donors (Lipinski definition) is 3. The van der Waals surface area contributed by atoms with Gasteiger partial charge in [-0.15, -0.1) is 0 Å². The molecule has 2 amide bonds. The standard InChI is InChI=1S/C18H18N4O3S/c1-11-7-8-13(25-11)10-21-18(24)16-14(19)15(22-26-16)17(23)20-9-12-5-3-2-4-6-12/h2-8H,9-10,19H2,1H3,(H,20,23)(H,21,24). The summed E-state index contributed by atoms with van der Waals surface area (Å²) in [4.78, 5) is 24.7. The quantitative estimate of drug-likeness (QED) is 0.617. The molecule has 3 aromatic rings. The van der Waals surface area contributed by atoms with Gasteiger partial charge in [0.25, 0.3) is 11.8 Å². The second kappa shape index (κ2) is 7.83. The molecular formula is C18H18N4O3S. The SMILES string of the molecule is Cc1ccc(CNC(=O)c2snc(C(=O)NCc3ccccc3)c2N)o1. The molecule has 0 unspecified atom stereocenters. The van der Waals surface area contributed by atoms with E-state index in [1.165, 1.54) is 0 Å². The Morgan fingerprint density at radius 3 is 2.50 bits per heavy atom. The summed E-state index contributed by atoms with van der Waals surface area (Å²) < 4.78 is 9.42. The van der Waals surface area contributed by atoms with E-state index in [9.17, 15) is 9.59 Å². The van der Waals surface area contributed by atoms with Gasteiger partial charge < -0.3 is 20.8 Å². The molecule has 3 rings (SSSR count). The molecule has 2 aromatic heterocycles. The van der Waals surface area contributed by atoms with Crippen LogP contribution < -0.4 is 16.4 Å². The number of amides is 2. The molecular weight excluding hydrogens is 352 g/mol. The summed E-state index contributed by atoms with van der Waals surface area (Å²) in [5, 5.41) is 5.45. The first-order valence-electron chi connectivity index (χ1n) is 7.95. The summed E-state index contributed by atoms with van der Waals surface area (Å²) in [6.07, 6.45) is 0. The van der Waals surface area contributed by atoms with E-state index in [1.54, 1.807) is 6.07 Å². The van der Waals surface area contributed by atoms with Crippen LogP contribution >= 0.6 is 11.5 Å². The first-order chi connectivity index (χ1) is 12.5. The molecule has 0 fully saturated rings. The summed E-state index contributed by atoms with van der Waals surface area (Å²) in [6.45, 7) is 2.42. The van der Waals surface area contributed by atoms with Gasteiger partial charge in [0.05, 0.1) is 12.2 Å². The van der Waals surface area contributed by atoms with Crippen LogP contribution in [0.15, 0.2) is 46.9 Å². The summed E-state index contributed by atoms with van der Waals surface area (Å²) in [7, 11) is 0. The second-order valence-electron chi connectivity index (χ2n) is 5.64. The van der Waals surface area contributed by atoms with Crippen molar-refractivity contribution in [2.24, 2.45) is 0 Å². The Kier molecular flexibility index (Phi) is 5.33. The zero-order valence-electron chi connectivity index (χ0n) is 14.1. The molecule has 0 radical (unpaired) electrons. The van der Waals surface area contributed by atoms with Crippen LogP contribution in [0.3, 0.4) is 0 Å². The number of benzene rings is 1. The van der Waals surface area contributed by atoms with E-state index in [0.717, 1.165) is 22.9 Å². The number of rotatable bonds is 6. The highest BCUT2D eigenvalue weighted by Gasteiger charge is 2.22. The Morgan fingerprint density at radius 1 is 1.08 bits per heavy atom. The number of nitrogen functional groups attached to an aromatic ring is 1. The fourth-order valence-electron chi connectivity index (χ4n) is 2.31. The molecule has 7 nitrogen and oxygen atoms in total. The first-order valence-corrected chi connectivity index (χ1v) is 8.72. The Labute approximate surface area is 154 Å². The van der Waals surface area contributed by atoms with Gasteiger partial charge in [0, 0.05) is 6.54 Å². The predicted molar refractivity (Wildman–Crippen MR) is 98.8 cm³/mol. The fourth-order valence-corrected chi connectivity index (χ4v) is 3.03. The number of aromatic nitrogens is 1. The number of carbonyl (C=O) groups is 2. The summed E-state index contributed by atoms with van der Waals surface area (Å²) >= 11 is 0.896. The Hall–Kier alpha value is -3.13. The molecule has 8 heteroatoms. The highest BCUT2D eigenvalue weighted by Crippen LogP contribution is 2.22. The average Bonchev–Trinajstić information content (AvgIpc) is 3.24. The first kappa shape index (κ1) is 17.7. The minimum atomic E-state index is -0.414. The van der Waals surface area contributed by atoms with Crippen molar-refractivity contribution in [2.45, 2.75) is 20.0 Å². The second-order valence-corrected chi connectivity index (χ2v) is 6.41. The topological polar surface area (TPSA) is 110 Å². The van der Waals surface area contributed by atoms with E-state index in [2.05, 4.69) is 15.0 Å². The number of carbonyl (C=O) groups excluding carboxylic acids is 2. The van der Waals surface area contributed by atoms with E-state index in [1.807, 2.05) is 43.3 Å². The van der Waals surface area contributed by atoms with Crippen LogP contribution in [0.4, 0.5) is 5.69 Å². The van der Waals surface area contributed by atoms with E-state index >= 15 is 0 Å². The average molecular weight is 370 g/mol.